The number of carbonyl (C=O) groups excluding carboxylic acids is 2. The molecule has 0 spiro atoms. The molecule has 1 aromatic rings. The minimum absolute atomic E-state index is 0.239. The van der Waals surface area contributed by atoms with E-state index in [0.29, 0.717) is 13.1 Å². The first-order valence-corrected chi connectivity index (χ1v) is 7.78. The summed E-state index contributed by atoms with van der Waals surface area (Å²) in [5.41, 5.74) is -0.457. The van der Waals surface area contributed by atoms with E-state index in [2.05, 4.69) is 0 Å². The van der Waals surface area contributed by atoms with Crippen LogP contribution in [0, 0.1) is 0 Å². The van der Waals surface area contributed by atoms with Crippen molar-refractivity contribution in [2.45, 2.75) is 32.2 Å². The van der Waals surface area contributed by atoms with E-state index in [0.717, 1.165) is 12.0 Å². The molecule has 0 amide bonds. The van der Waals surface area contributed by atoms with Crippen molar-refractivity contribution in [2.75, 3.05) is 26.3 Å². The van der Waals surface area contributed by atoms with Crippen molar-refractivity contribution in [1.82, 2.24) is 4.90 Å². The predicted octanol–water partition coefficient (Wildman–Crippen LogP) is 1.80. The fourth-order valence-corrected chi connectivity index (χ4v) is 2.69. The molecular weight excluding hydrogens is 282 g/mol. The number of benzene rings is 1. The van der Waals surface area contributed by atoms with Crippen LogP contribution in [0.15, 0.2) is 30.3 Å². The highest BCUT2D eigenvalue weighted by Crippen LogP contribution is 2.29. The van der Waals surface area contributed by atoms with Gasteiger partial charge >= 0.3 is 11.9 Å². The minimum Gasteiger partial charge on any atom is -0.464 e. The first-order chi connectivity index (χ1) is 10.6. The lowest BCUT2D eigenvalue weighted by molar-refractivity contribution is -0.178. The zero-order valence-corrected chi connectivity index (χ0v) is 13.2. The van der Waals surface area contributed by atoms with Crippen molar-refractivity contribution in [2.24, 2.45) is 0 Å². The van der Waals surface area contributed by atoms with Gasteiger partial charge in [-0.25, -0.2) is 9.59 Å². The first-order valence-electron chi connectivity index (χ1n) is 7.78. The lowest BCUT2D eigenvalue weighted by Gasteiger charge is -2.44. The molecule has 1 heterocycles. The molecule has 0 aromatic heterocycles. The van der Waals surface area contributed by atoms with Crippen LogP contribution in [-0.2, 0) is 25.5 Å². The van der Waals surface area contributed by atoms with E-state index in [4.69, 9.17) is 9.47 Å². The van der Waals surface area contributed by atoms with E-state index < -0.39 is 17.5 Å². The van der Waals surface area contributed by atoms with Gasteiger partial charge in [-0.2, -0.15) is 0 Å². The maximum Gasteiger partial charge on any atom is 0.338 e. The molecule has 1 aromatic carbocycles. The van der Waals surface area contributed by atoms with Crippen LogP contribution in [0.3, 0.4) is 0 Å². The second-order valence-corrected chi connectivity index (χ2v) is 5.30. The summed E-state index contributed by atoms with van der Waals surface area (Å²) in [6.07, 6.45) is 1.24. The number of ether oxygens (including phenoxy) is 2. The van der Waals surface area contributed by atoms with Crippen LogP contribution in [0.2, 0.25) is 0 Å². The first kappa shape index (κ1) is 16.5. The van der Waals surface area contributed by atoms with Crippen molar-refractivity contribution in [3.63, 3.8) is 0 Å². The number of likely N-dealkylation sites (tertiary alicyclic amines) is 1. The fraction of sp³-hybridized carbons (Fsp3) is 0.529. The highest BCUT2D eigenvalue weighted by molar-refractivity contribution is 6.05. The average Bonchev–Trinajstić information content (AvgIpc) is 2.46. The third kappa shape index (κ3) is 3.14. The molecule has 5 heteroatoms. The summed E-state index contributed by atoms with van der Waals surface area (Å²) in [4.78, 5) is 27.2. The summed E-state index contributed by atoms with van der Waals surface area (Å²) in [5, 5.41) is 0. The summed E-state index contributed by atoms with van der Waals surface area (Å²) in [5.74, 6) is -1.03. The van der Waals surface area contributed by atoms with Gasteiger partial charge < -0.3 is 9.47 Å². The van der Waals surface area contributed by atoms with Gasteiger partial charge in [0.05, 0.1) is 13.2 Å². The van der Waals surface area contributed by atoms with Crippen LogP contribution in [0.5, 0.6) is 0 Å². The topological polar surface area (TPSA) is 55.8 Å². The molecule has 0 N–H and O–H groups in total. The largest absolute Gasteiger partial charge is 0.464 e. The normalized spacial score (nSPS) is 15.0. The molecule has 120 valence electrons. The zero-order valence-electron chi connectivity index (χ0n) is 13.2. The van der Waals surface area contributed by atoms with Crippen LogP contribution in [0.1, 0.15) is 25.8 Å². The Balaban J connectivity index is 2.38. The molecule has 0 bridgehead atoms. The molecular formula is C17H23NO4. The number of esters is 2. The number of hydrogen-bond acceptors (Lipinski definition) is 5. The van der Waals surface area contributed by atoms with Crippen LogP contribution in [-0.4, -0.2) is 48.7 Å². The Morgan fingerprint density at radius 3 is 2.00 bits per heavy atom. The van der Waals surface area contributed by atoms with Gasteiger partial charge in [0.1, 0.15) is 0 Å². The van der Waals surface area contributed by atoms with Crippen molar-refractivity contribution >= 4 is 11.9 Å². The van der Waals surface area contributed by atoms with Gasteiger partial charge in [0.25, 0.3) is 0 Å². The van der Waals surface area contributed by atoms with E-state index in [1.807, 2.05) is 35.2 Å². The van der Waals surface area contributed by atoms with Crippen molar-refractivity contribution in [3.05, 3.63) is 35.9 Å². The SMILES string of the molecule is CCOC(=O)C(Cc1ccccc1)(C(=O)OCC)N1CCC1. The fourth-order valence-electron chi connectivity index (χ4n) is 2.69. The Labute approximate surface area is 131 Å². The van der Waals surface area contributed by atoms with Gasteiger partial charge in [-0.05, 0) is 25.8 Å². The third-order valence-electron chi connectivity index (χ3n) is 3.92. The van der Waals surface area contributed by atoms with Crippen molar-refractivity contribution in [3.8, 4) is 0 Å². The second kappa shape index (κ2) is 7.40. The number of carbonyl (C=O) groups is 2. The average molecular weight is 305 g/mol. The Morgan fingerprint density at radius 2 is 1.59 bits per heavy atom. The molecule has 2 rings (SSSR count). The molecule has 22 heavy (non-hydrogen) atoms. The van der Waals surface area contributed by atoms with Gasteiger partial charge in [0.2, 0.25) is 5.54 Å². The molecule has 0 radical (unpaired) electrons. The zero-order chi connectivity index (χ0) is 16.0. The minimum atomic E-state index is -1.37. The maximum atomic E-state index is 12.7. The Kier molecular flexibility index (Phi) is 5.55. The van der Waals surface area contributed by atoms with Crippen molar-refractivity contribution in [1.29, 1.82) is 0 Å². The molecule has 1 aliphatic rings. The molecule has 1 aliphatic heterocycles. The van der Waals surface area contributed by atoms with Gasteiger partial charge in [-0.3, -0.25) is 4.90 Å². The van der Waals surface area contributed by atoms with E-state index in [1.54, 1.807) is 13.8 Å². The second-order valence-electron chi connectivity index (χ2n) is 5.30. The number of nitrogens with zero attached hydrogens (tertiary/aromatic N) is 1. The molecule has 1 fully saturated rings. The molecule has 1 saturated heterocycles. The van der Waals surface area contributed by atoms with Gasteiger partial charge in [-0.1, -0.05) is 30.3 Å². The molecule has 0 saturated carbocycles. The Hall–Kier alpha value is -1.88. The Morgan fingerprint density at radius 1 is 1.05 bits per heavy atom. The smallest absolute Gasteiger partial charge is 0.338 e. The summed E-state index contributed by atoms with van der Waals surface area (Å²) < 4.78 is 10.4. The summed E-state index contributed by atoms with van der Waals surface area (Å²) in [6.45, 7) is 5.36. The van der Waals surface area contributed by atoms with Crippen LogP contribution >= 0.6 is 0 Å². The predicted molar refractivity (Wildman–Crippen MR) is 82.3 cm³/mol. The summed E-state index contributed by atoms with van der Waals surface area (Å²) in [7, 11) is 0. The van der Waals surface area contributed by atoms with E-state index in [1.165, 1.54) is 0 Å². The highest BCUT2D eigenvalue weighted by Gasteiger charge is 2.55. The van der Waals surface area contributed by atoms with E-state index >= 15 is 0 Å². The molecule has 0 unspecified atom stereocenters. The maximum absolute atomic E-state index is 12.7. The summed E-state index contributed by atoms with van der Waals surface area (Å²) >= 11 is 0. The van der Waals surface area contributed by atoms with Gasteiger partial charge in [0.15, 0.2) is 0 Å². The third-order valence-corrected chi connectivity index (χ3v) is 3.92. The number of hydrogen-bond donors (Lipinski definition) is 0. The molecule has 0 atom stereocenters. The monoisotopic (exact) mass is 305 g/mol. The molecule has 5 nitrogen and oxygen atoms in total. The standard InChI is InChI=1S/C17H23NO4/c1-3-21-15(19)17(16(20)22-4-2,18-11-8-12-18)13-14-9-6-5-7-10-14/h5-7,9-10H,3-4,8,11-13H2,1-2H3. The summed E-state index contributed by atoms with van der Waals surface area (Å²) in [6, 6.07) is 9.52. The van der Waals surface area contributed by atoms with Crippen LogP contribution < -0.4 is 0 Å². The van der Waals surface area contributed by atoms with Crippen LogP contribution in [0.25, 0.3) is 0 Å². The van der Waals surface area contributed by atoms with E-state index in [9.17, 15) is 9.59 Å². The number of rotatable bonds is 7. The quantitative estimate of drug-likeness (QED) is 0.568. The van der Waals surface area contributed by atoms with E-state index in [-0.39, 0.29) is 19.6 Å². The van der Waals surface area contributed by atoms with Crippen molar-refractivity contribution < 1.29 is 19.1 Å². The lowest BCUT2D eigenvalue weighted by Crippen LogP contribution is -2.66. The highest BCUT2D eigenvalue weighted by atomic mass is 16.6. The van der Waals surface area contributed by atoms with Gasteiger partial charge in [-0.15, -0.1) is 0 Å². The van der Waals surface area contributed by atoms with Gasteiger partial charge in [0, 0.05) is 19.5 Å². The van der Waals surface area contributed by atoms with Crippen LogP contribution in [0.4, 0.5) is 0 Å². The molecule has 0 aliphatic carbocycles. The lowest BCUT2D eigenvalue weighted by atomic mass is 9.86. The Bertz CT molecular complexity index is 493.